The van der Waals surface area contributed by atoms with Gasteiger partial charge in [-0.2, -0.15) is 4.98 Å². The van der Waals surface area contributed by atoms with Crippen molar-refractivity contribution in [2.75, 3.05) is 5.73 Å². The first kappa shape index (κ1) is 13.2. The van der Waals surface area contributed by atoms with Crippen molar-refractivity contribution < 1.29 is 20.5 Å². The van der Waals surface area contributed by atoms with E-state index < -0.39 is 17.8 Å². The fraction of sp³-hybridized carbons (Fsp3) is 0. The summed E-state index contributed by atoms with van der Waals surface area (Å²) in [4.78, 5) is 11.0. The first-order valence-electron chi connectivity index (χ1n) is 5.35. The van der Waals surface area contributed by atoms with E-state index in [-0.39, 0.29) is 4.73 Å². The van der Waals surface area contributed by atoms with E-state index in [1.165, 1.54) is 0 Å². The molecule has 3 rings (SSSR count). The molecule has 0 amide bonds. The summed E-state index contributed by atoms with van der Waals surface area (Å²) in [6.07, 6.45) is 1.70. The van der Waals surface area contributed by atoms with Gasteiger partial charge in [0, 0.05) is 11.6 Å². The number of hydrogen-bond donors (Lipinski definition) is 5. The number of nitrogen functional groups attached to an aromatic ring is 1. The predicted molar refractivity (Wildman–Crippen MR) is 68.4 cm³/mol. The summed E-state index contributed by atoms with van der Waals surface area (Å²) < 4.78 is -0.0463. The standard InChI is InChI=1S/C8H7N3.C3H4N2O4/c9-7-4-3-6-2-1-5-10-8(6)11-7;6-1-2(7)5(9)3(8)4-1/h1-5H,(H2,9,10,11);6-7,9H,(H,4,8). The average molecular weight is 277 g/mol. The summed E-state index contributed by atoms with van der Waals surface area (Å²) in [5.74, 6) is -1.18. The minimum Gasteiger partial charge on any atom is -0.489 e. The van der Waals surface area contributed by atoms with Crippen LogP contribution in [0.2, 0.25) is 0 Å². The van der Waals surface area contributed by atoms with Crippen LogP contribution in [0.4, 0.5) is 5.82 Å². The maximum atomic E-state index is 8.47. The fourth-order valence-electron chi connectivity index (χ4n) is 1.35. The quantitative estimate of drug-likeness (QED) is 0.371. The van der Waals surface area contributed by atoms with E-state index >= 15 is 0 Å². The second kappa shape index (κ2) is 5.18. The summed E-state index contributed by atoms with van der Waals surface area (Å²) in [7, 11) is 0. The zero-order valence-electron chi connectivity index (χ0n) is 10.0. The molecule has 0 fully saturated rings. The van der Waals surface area contributed by atoms with Gasteiger partial charge in [0.05, 0.1) is 0 Å². The number of imidazole rings is 1. The van der Waals surface area contributed by atoms with E-state index in [0.29, 0.717) is 11.5 Å². The Morgan fingerprint density at radius 3 is 2.35 bits per heavy atom. The third kappa shape index (κ3) is 2.61. The Labute approximate surface area is 112 Å². The highest BCUT2D eigenvalue weighted by Gasteiger charge is 2.12. The first-order valence-corrected chi connectivity index (χ1v) is 5.35. The van der Waals surface area contributed by atoms with Crippen LogP contribution in [0.5, 0.6) is 17.8 Å². The van der Waals surface area contributed by atoms with E-state index in [2.05, 4.69) is 15.0 Å². The molecular formula is C11H11N5O4. The highest BCUT2D eigenvalue weighted by molar-refractivity contribution is 5.75. The van der Waals surface area contributed by atoms with Gasteiger partial charge in [0.25, 0.3) is 11.8 Å². The molecule has 0 saturated heterocycles. The third-order valence-electron chi connectivity index (χ3n) is 2.28. The van der Waals surface area contributed by atoms with Crippen molar-refractivity contribution in [2.24, 2.45) is 0 Å². The second-order valence-corrected chi connectivity index (χ2v) is 3.66. The lowest BCUT2D eigenvalue weighted by Crippen LogP contribution is -1.90. The number of fused-ring (bicyclic) bond motifs is 1. The van der Waals surface area contributed by atoms with Gasteiger partial charge >= 0.3 is 6.01 Å². The number of rotatable bonds is 0. The van der Waals surface area contributed by atoms with E-state index in [1.807, 2.05) is 18.2 Å². The molecule has 0 aliphatic rings. The van der Waals surface area contributed by atoms with Crippen LogP contribution >= 0.6 is 0 Å². The molecule has 9 nitrogen and oxygen atoms in total. The van der Waals surface area contributed by atoms with Crippen molar-refractivity contribution in [3.63, 3.8) is 0 Å². The molecule has 0 saturated carbocycles. The lowest BCUT2D eigenvalue weighted by Gasteiger charge is -1.94. The van der Waals surface area contributed by atoms with Crippen LogP contribution in [0.15, 0.2) is 30.5 Å². The normalized spacial score (nSPS) is 10.0. The van der Waals surface area contributed by atoms with Gasteiger partial charge in [-0.3, -0.25) is 0 Å². The molecule has 0 aliphatic heterocycles. The highest BCUT2D eigenvalue weighted by Crippen LogP contribution is 2.25. The Hall–Kier alpha value is -3.23. The molecule has 0 radical (unpaired) electrons. The van der Waals surface area contributed by atoms with Gasteiger partial charge in [-0.25, -0.2) is 9.97 Å². The molecule has 0 aromatic carbocycles. The Morgan fingerprint density at radius 1 is 1.05 bits per heavy atom. The maximum Gasteiger partial charge on any atom is 0.334 e. The van der Waals surface area contributed by atoms with E-state index in [4.69, 9.17) is 26.3 Å². The first-order chi connectivity index (χ1) is 9.49. The molecule has 0 unspecified atom stereocenters. The van der Waals surface area contributed by atoms with E-state index in [9.17, 15) is 0 Å². The molecule has 3 aromatic heterocycles. The molecule has 9 heteroatoms. The van der Waals surface area contributed by atoms with Crippen molar-refractivity contribution in [3.8, 4) is 17.8 Å². The third-order valence-corrected chi connectivity index (χ3v) is 2.28. The summed E-state index contributed by atoms with van der Waals surface area (Å²) in [5, 5.41) is 34.7. The number of aromatic nitrogens is 4. The van der Waals surface area contributed by atoms with Crippen LogP contribution < -0.4 is 5.73 Å². The molecule has 3 aromatic rings. The van der Waals surface area contributed by atoms with Crippen molar-refractivity contribution in [3.05, 3.63) is 30.5 Å². The van der Waals surface area contributed by atoms with Crippen LogP contribution in [-0.2, 0) is 0 Å². The summed E-state index contributed by atoms with van der Waals surface area (Å²) in [5.41, 5.74) is 6.17. The molecule has 0 atom stereocenters. The minimum absolute atomic E-state index is 0.0463. The van der Waals surface area contributed by atoms with Gasteiger partial charge in [0.2, 0.25) is 0 Å². The average Bonchev–Trinajstić information content (AvgIpc) is 2.66. The van der Waals surface area contributed by atoms with E-state index in [1.54, 1.807) is 12.3 Å². The smallest absolute Gasteiger partial charge is 0.334 e. The number of anilines is 1. The maximum absolute atomic E-state index is 8.47. The zero-order chi connectivity index (χ0) is 14.7. The number of hydrogen-bond acceptors (Lipinski definition) is 8. The lowest BCUT2D eigenvalue weighted by molar-refractivity contribution is 0.126. The summed E-state index contributed by atoms with van der Waals surface area (Å²) in [6.45, 7) is 0. The molecule has 6 N–H and O–H groups in total. The predicted octanol–water partition coefficient (Wildman–Crippen LogP) is 0.449. The Balaban J connectivity index is 0.000000151. The number of pyridine rings is 2. The van der Waals surface area contributed by atoms with Gasteiger partial charge in [-0.15, -0.1) is 0 Å². The number of aromatic hydroxyl groups is 3. The zero-order valence-corrected chi connectivity index (χ0v) is 10.0. The largest absolute Gasteiger partial charge is 0.489 e. The SMILES string of the molecule is Nc1ccc2cccnc2n1.Oc1nc(O)n(O)c1O. The van der Waals surface area contributed by atoms with Gasteiger partial charge in [0.15, 0.2) is 5.65 Å². The van der Waals surface area contributed by atoms with Crippen molar-refractivity contribution >= 4 is 16.9 Å². The van der Waals surface area contributed by atoms with Gasteiger partial charge in [0.1, 0.15) is 5.82 Å². The minimum atomic E-state index is -0.882. The van der Waals surface area contributed by atoms with Gasteiger partial charge < -0.3 is 26.3 Å². The van der Waals surface area contributed by atoms with Gasteiger partial charge in [-0.05, 0) is 24.3 Å². The summed E-state index contributed by atoms with van der Waals surface area (Å²) >= 11 is 0. The van der Waals surface area contributed by atoms with Crippen LogP contribution in [0.1, 0.15) is 0 Å². The van der Waals surface area contributed by atoms with Crippen molar-refractivity contribution in [1.82, 2.24) is 19.7 Å². The Morgan fingerprint density at radius 2 is 1.80 bits per heavy atom. The molecule has 0 bridgehead atoms. The fourth-order valence-corrected chi connectivity index (χ4v) is 1.35. The van der Waals surface area contributed by atoms with Gasteiger partial charge in [-0.1, -0.05) is 4.73 Å². The number of nitrogens with zero attached hydrogens (tertiary/aromatic N) is 4. The topological polar surface area (TPSA) is 151 Å². The summed E-state index contributed by atoms with van der Waals surface area (Å²) in [6, 6.07) is 6.65. The van der Waals surface area contributed by atoms with E-state index in [0.717, 1.165) is 5.39 Å². The monoisotopic (exact) mass is 277 g/mol. The molecule has 104 valence electrons. The molecule has 20 heavy (non-hydrogen) atoms. The van der Waals surface area contributed by atoms with Crippen LogP contribution in [0, 0.1) is 0 Å². The van der Waals surface area contributed by atoms with Crippen LogP contribution in [-0.4, -0.2) is 40.2 Å². The van der Waals surface area contributed by atoms with Crippen molar-refractivity contribution in [2.45, 2.75) is 0 Å². The highest BCUT2D eigenvalue weighted by atomic mass is 16.5. The molecule has 0 spiro atoms. The van der Waals surface area contributed by atoms with Crippen molar-refractivity contribution in [1.29, 1.82) is 0 Å². The Bertz CT molecular complexity index is 720. The van der Waals surface area contributed by atoms with Crippen LogP contribution in [0.3, 0.4) is 0 Å². The Kier molecular flexibility index (Phi) is 3.42. The molecule has 0 aliphatic carbocycles. The second-order valence-electron chi connectivity index (χ2n) is 3.66. The molecule has 3 heterocycles. The molecular weight excluding hydrogens is 266 g/mol. The van der Waals surface area contributed by atoms with Crippen LogP contribution in [0.25, 0.3) is 11.0 Å². The number of nitrogens with two attached hydrogens (primary N) is 1. The lowest BCUT2D eigenvalue weighted by atomic mass is 10.3.